The number of nitrogens with one attached hydrogen (secondary N) is 2. The summed E-state index contributed by atoms with van der Waals surface area (Å²) in [6.07, 6.45) is 1.63. The predicted octanol–water partition coefficient (Wildman–Crippen LogP) is 2.38. The van der Waals surface area contributed by atoms with Gasteiger partial charge < -0.3 is 9.97 Å². The molecular weight excluding hydrogens is 226 g/mol. The second-order valence-corrected chi connectivity index (χ2v) is 3.37. The highest BCUT2D eigenvalue weighted by atomic mass is 79.9. The molecule has 11 heavy (non-hydrogen) atoms. The molecule has 0 bridgehead atoms. The molecule has 0 atom stereocenters. The molecule has 5 heteroatoms. The van der Waals surface area contributed by atoms with Gasteiger partial charge in [-0.25, -0.2) is 4.98 Å². The molecule has 2 N–H and O–H groups in total. The molecule has 56 valence electrons. The Morgan fingerprint density at radius 2 is 2.36 bits per heavy atom. The van der Waals surface area contributed by atoms with Gasteiger partial charge in [-0.05, 0) is 22.0 Å². The van der Waals surface area contributed by atoms with Crippen LogP contribution in [0.15, 0.2) is 17.0 Å². The second kappa shape index (κ2) is 2.42. The Morgan fingerprint density at radius 3 is 3.18 bits per heavy atom. The molecule has 0 spiro atoms. The SMILES string of the molecule is S=c1[nH]c(Br)cc2[nH]cnc12. The van der Waals surface area contributed by atoms with E-state index in [4.69, 9.17) is 12.2 Å². The van der Waals surface area contributed by atoms with Crippen molar-refractivity contribution < 1.29 is 0 Å². The van der Waals surface area contributed by atoms with E-state index in [9.17, 15) is 0 Å². The molecule has 3 nitrogen and oxygen atoms in total. The lowest BCUT2D eigenvalue weighted by Crippen LogP contribution is -1.78. The van der Waals surface area contributed by atoms with Crippen LogP contribution in [-0.4, -0.2) is 15.0 Å². The minimum atomic E-state index is 0.649. The highest BCUT2D eigenvalue weighted by Gasteiger charge is 1.97. The van der Waals surface area contributed by atoms with E-state index in [1.54, 1.807) is 6.33 Å². The first kappa shape index (κ1) is 7.00. The van der Waals surface area contributed by atoms with Crippen LogP contribution in [0, 0.1) is 4.64 Å². The monoisotopic (exact) mass is 229 g/mol. The number of hydrogen-bond acceptors (Lipinski definition) is 2. The summed E-state index contributed by atoms with van der Waals surface area (Å²) in [6.45, 7) is 0. The second-order valence-electron chi connectivity index (χ2n) is 2.11. The maximum absolute atomic E-state index is 5.03. The maximum atomic E-state index is 5.03. The van der Waals surface area contributed by atoms with E-state index in [0.29, 0.717) is 4.64 Å². The van der Waals surface area contributed by atoms with Crippen LogP contribution in [0.25, 0.3) is 11.0 Å². The highest BCUT2D eigenvalue weighted by Crippen LogP contribution is 2.14. The fraction of sp³-hybridized carbons (Fsp3) is 0. The Hall–Kier alpha value is -0.680. The smallest absolute Gasteiger partial charge is 0.132 e. The summed E-state index contributed by atoms with van der Waals surface area (Å²) in [7, 11) is 0. The van der Waals surface area contributed by atoms with Crippen molar-refractivity contribution in [3.05, 3.63) is 21.6 Å². The summed E-state index contributed by atoms with van der Waals surface area (Å²) in [4.78, 5) is 9.97. The van der Waals surface area contributed by atoms with Gasteiger partial charge in [-0.3, -0.25) is 0 Å². The van der Waals surface area contributed by atoms with Gasteiger partial charge in [-0.2, -0.15) is 0 Å². The third-order valence-corrected chi connectivity index (χ3v) is 2.11. The van der Waals surface area contributed by atoms with Gasteiger partial charge in [0.05, 0.1) is 16.4 Å². The molecule has 0 saturated heterocycles. The van der Waals surface area contributed by atoms with Crippen molar-refractivity contribution in [3.63, 3.8) is 0 Å². The van der Waals surface area contributed by atoms with Crippen LogP contribution < -0.4 is 0 Å². The van der Waals surface area contributed by atoms with Crippen LogP contribution in [0.2, 0.25) is 0 Å². The molecule has 0 radical (unpaired) electrons. The number of fused-ring (bicyclic) bond motifs is 1. The Labute approximate surface area is 76.0 Å². The molecule has 0 saturated carbocycles. The molecular formula is C6H4BrN3S. The van der Waals surface area contributed by atoms with E-state index in [-0.39, 0.29) is 0 Å². The third-order valence-electron chi connectivity index (χ3n) is 1.39. The van der Waals surface area contributed by atoms with Crippen molar-refractivity contribution in [2.24, 2.45) is 0 Å². The quantitative estimate of drug-likeness (QED) is 0.539. The molecule has 2 aromatic heterocycles. The lowest BCUT2D eigenvalue weighted by molar-refractivity contribution is 1.27. The van der Waals surface area contributed by atoms with Crippen LogP contribution in [-0.2, 0) is 0 Å². The van der Waals surface area contributed by atoms with Gasteiger partial charge in [0.15, 0.2) is 0 Å². The van der Waals surface area contributed by atoms with E-state index < -0.39 is 0 Å². The Morgan fingerprint density at radius 1 is 1.55 bits per heavy atom. The predicted molar refractivity (Wildman–Crippen MR) is 49.0 cm³/mol. The number of aromatic amines is 2. The molecule has 0 aliphatic heterocycles. The van der Waals surface area contributed by atoms with Crippen LogP contribution >= 0.6 is 28.1 Å². The lowest BCUT2D eigenvalue weighted by atomic mass is 10.4. The number of pyridine rings is 1. The maximum Gasteiger partial charge on any atom is 0.132 e. The van der Waals surface area contributed by atoms with Crippen molar-refractivity contribution in [3.8, 4) is 0 Å². The molecule has 0 aliphatic rings. The number of nitrogens with zero attached hydrogens (tertiary/aromatic N) is 1. The summed E-state index contributed by atoms with van der Waals surface area (Å²) < 4.78 is 1.51. The van der Waals surface area contributed by atoms with Crippen molar-refractivity contribution in [1.29, 1.82) is 0 Å². The fourth-order valence-electron chi connectivity index (χ4n) is 0.926. The van der Waals surface area contributed by atoms with Gasteiger partial charge in [0, 0.05) is 0 Å². The zero-order chi connectivity index (χ0) is 7.84. The van der Waals surface area contributed by atoms with Gasteiger partial charge in [0.25, 0.3) is 0 Å². The number of H-pyrrole nitrogens is 2. The summed E-state index contributed by atoms with van der Waals surface area (Å²) in [6, 6.07) is 1.90. The summed E-state index contributed by atoms with van der Waals surface area (Å²) in [5.41, 5.74) is 1.75. The van der Waals surface area contributed by atoms with Crippen molar-refractivity contribution >= 4 is 39.2 Å². The average molecular weight is 230 g/mol. The average Bonchev–Trinajstić information content (AvgIpc) is 2.34. The number of rotatable bonds is 0. The Bertz CT molecular complexity index is 444. The Balaban J connectivity index is 3.02. The van der Waals surface area contributed by atoms with Crippen LogP contribution in [0.5, 0.6) is 0 Å². The lowest BCUT2D eigenvalue weighted by Gasteiger charge is -1.90. The molecule has 0 fully saturated rings. The first-order valence-corrected chi connectivity index (χ1v) is 4.19. The summed E-state index contributed by atoms with van der Waals surface area (Å²) in [5.74, 6) is 0. The van der Waals surface area contributed by atoms with E-state index in [1.165, 1.54) is 0 Å². The molecule has 2 aromatic rings. The molecule has 0 unspecified atom stereocenters. The van der Waals surface area contributed by atoms with Gasteiger partial charge in [-0.1, -0.05) is 12.2 Å². The Kier molecular flexibility index (Phi) is 1.54. The topological polar surface area (TPSA) is 44.5 Å². The van der Waals surface area contributed by atoms with E-state index in [2.05, 4.69) is 30.9 Å². The van der Waals surface area contributed by atoms with Gasteiger partial charge in [-0.15, -0.1) is 0 Å². The molecule has 0 amide bonds. The van der Waals surface area contributed by atoms with E-state index in [1.807, 2.05) is 6.07 Å². The van der Waals surface area contributed by atoms with Crippen LogP contribution in [0.3, 0.4) is 0 Å². The van der Waals surface area contributed by atoms with E-state index >= 15 is 0 Å². The van der Waals surface area contributed by atoms with Crippen LogP contribution in [0.4, 0.5) is 0 Å². The zero-order valence-corrected chi connectivity index (χ0v) is 7.79. The molecule has 0 aromatic carbocycles. The van der Waals surface area contributed by atoms with Crippen LogP contribution in [0.1, 0.15) is 0 Å². The molecule has 0 aliphatic carbocycles. The first-order valence-electron chi connectivity index (χ1n) is 2.99. The standard InChI is InChI=1S/C6H4BrN3S/c7-4-1-3-5(6(11)10-4)9-2-8-3/h1-2H,(H,8,9)(H,10,11). The highest BCUT2D eigenvalue weighted by molar-refractivity contribution is 9.10. The minimum Gasteiger partial charge on any atom is -0.344 e. The van der Waals surface area contributed by atoms with E-state index in [0.717, 1.165) is 15.6 Å². The molecule has 2 heterocycles. The minimum absolute atomic E-state index is 0.649. The fourth-order valence-corrected chi connectivity index (χ4v) is 1.76. The largest absolute Gasteiger partial charge is 0.344 e. The van der Waals surface area contributed by atoms with Gasteiger partial charge in [0.1, 0.15) is 10.2 Å². The summed E-state index contributed by atoms with van der Waals surface area (Å²) in [5, 5.41) is 0. The van der Waals surface area contributed by atoms with Crippen molar-refractivity contribution in [2.45, 2.75) is 0 Å². The first-order chi connectivity index (χ1) is 5.27. The van der Waals surface area contributed by atoms with Crippen molar-refractivity contribution in [1.82, 2.24) is 15.0 Å². The number of imidazole rings is 1. The normalized spacial score (nSPS) is 10.6. The summed E-state index contributed by atoms with van der Waals surface area (Å²) >= 11 is 8.32. The van der Waals surface area contributed by atoms with Gasteiger partial charge in [0.2, 0.25) is 0 Å². The number of aromatic nitrogens is 3. The van der Waals surface area contributed by atoms with Gasteiger partial charge >= 0.3 is 0 Å². The molecule has 2 rings (SSSR count). The van der Waals surface area contributed by atoms with Crippen molar-refractivity contribution in [2.75, 3.05) is 0 Å². The third kappa shape index (κ3) is 1.10. The number of halogens is 1. The number of hydrogen-bond donors (Lipinski definition) is 2. The zero-order valence-electron chi connectivity index (χ0n) is 5.39.